The van der Waals surface area contributed by atoms with Gasteiger partial charge in [0.25, 0.3) is 11.7 Å². The first-order valence-electron chi connectivity index (χ1n) is 11.6. The van der Waals surface area contributed by atoms with Gasteiger partial charge < -0.3 is 19.7 Å². The normalized spacial score (nSPS) is 17.2. The lowest BCUT2D eigenvalue weighted by molar-refractivity contribution is -0.274. The number of anilines is 1. The summed E-state index contributed by atoms with van der Waals surface area (Å²) in [5, 5.41) is 20.9. The number of phenolic OH excluding ortho intramolecular Hbond substituents is 1. The molecule has 2 N–H and O–H groups in total. The SMILES string of the molecule is CC(C)COc1ccc(/C(O)=C2\C(=O)C(=O)N(c3cccc(OC(F)(F)F)c3)C2c2ccc(O)cc2)cc1. The highest BCUT2D eigenvalue weighted by molar-refractivity contribution is 6.51. The second-order valence-corrected chi connectivity index (χ2v) is 9.04. The summed E-state index contributed by atoms with van der Waals surface area (Å²) in [5.41, 5.74) is 0.252. The van der Waals surface area contributed by atoms with E-state index in [0.29, 0.717) is 23.8 Å². The van der Waals surface area contributed by atoms with E-state index in [4.69, 9.17) is 4.74 Å². The lowest BCUT2D eigenvalue weighted by atomic mass is 9.95. The Morgan fingerprint density at radius 3 is 2.24 bits per heavy atom. The third-order valence-corrected chi connectivity index (χ3v) is 5.69. The Balaban J connectivity index is 1.81. The number of benzene rings is 3. The number of ketones is 1. The quantitative estimate of drug-likeness (QED) is 0.224. The number of ether oxygens (including phenoxy) is 2. The van der Waals surface area contributed by atoms with E-state index in [1.165, 1.54) is 48.5 Å². The Kier molecular flexibility index (Phi) is 7.34. The number of alkyl halides is 3. The van der Waals surface area contributed by atoms with Gasteiger partial charge in [0.05, 0.1) is 18.2 Å². The van der Waals surface area contributed by atoms with E-state index in [1.807, 2.05) is 13.8 Å². The summed E-state index contributed by atoms with van der Waals surface area (Å²) in [7, 11) is 0. The largest absolute Gasteiger partial charge is 0.573 e. The minimum Gasteiger partial charge on any atom is -0.508 e. The topological polar surface area (TPSA) is 96.3 Å². The van der Waals surface area contributed by atoms with Crippen molar-refractivity contribution in [1.82, 2.24) is 0 Å². The van der Waals surface area contributed by atoms with Crippen LogP contribution >= 0.6 is 0 Å². The molecule has 1 saturated heterocycles. The Morgan fingerprint density at radius 2 is 1.63 bits per heavy atom. The van der Waals surface area contributed by atoms with Crippen LogP contribution < -0.4 is 14.4 Å². The Bertz CT molecular complexity index is 1360. The maximum atomic E-state index is 13.2. The molecule has 1 amide bonds. The van der Waals surface area contributed by atoms with E-state index in [2.05, 4.69) is 4.74 Å². The highest BCUT2D eigenvalue weighted by atomic mass is 19.4. The molecular weight excluding hydrogens is 503 g/mol. The number of aromatic hydroxyl groups is 1. The summed E-state index contributed by atoms with van der Waals surface area (Å²) in [4.78, 5) is 27.4. The summed E-state index contributed by atoms with van der Waals surface area (Å²) in [6.45, 7) is 4.47. The van der Waals surface area contributed by atoms with Crippen LogP contribution in [0.5, 0.6) is 17.2 Å². The zero-order valence-electron chi connectivity index (χ0n) is 20.4. The zero-order valence-corrected chi connectivity index (χ0v) is 20.4. The van der Waals surface area contributed by atoms with Gasteiger partial charge in [-0.1, -0.05) is 32.0 Å². The van der Waals surface area contributed by atoms with Crippen molar-refractivity contribution in [2.45, 2.75) is 26.3 Å². The number of nitrogens with zero attached hydrogens (tertiary/aromatic N) is 1. The molecule has 0 aromatic heterocycles. The molecule has 198 valence electrons. The van der Waals surface area contributed by atoms with Gasteiger partial charge in [-0.15, -0.1) is 13.2 Å². The second-order valence-electron chi connectivity index (χ2n) is 9.04. The van der Waals surface area contributed by atoms with E-state index in [0.717, 1.165) is 17.0 Å². The van der Waals surface area contributed by atoms with Crippen LogP contribution in [-0.4, -0.2) is 34.9 Å². The van der Waals surface area contributed by atoms with Gasteiger partial charge in [0.1, 0.15) is 23.0 Å². The monoisotopic (exact) mass is 527 g/mol. The van der Waals surface area contributed by atoms with Crippen molar-refractivity contribution < 1.29 is 42.4 Å². The van der Waals surface area contributed by atoms with Crippen LogP contribution in [-0.2, 0) is 9.59 Å². The summed E-state index contributed by atoms with van der Waals surface area (Å²) in [6, 6.07) is 15.3. The van der Waals surface area contributed by atoms with Crippen molar-refractivity contribution >= 4 is 23.1 Å². The third kappa shape index (κ3) is 5.74. The van der Waals surface area contributed by atoms with Gasteiger partial charge in [-0.05, 0) is 60.0 Å². The molecule has 1 atom stereocenters. The number of Topliss-reactive ketones (excluding diaryl/α,β-unsaturated/α-hetero) is 1. The fraction of sp³-hybridized carbons (Fsp3) is 0.214. The van der Waals surface area contributed by atoms with Crippen LogP contribution in [0.2, 0.25) is 0 Å². The van der Waals surface area contributed by atoms with Gasteiger partial charge in [-0.2, -0.15) is 0 Å². The number of hydrogen-bond donors (Lipinski definition) is 2. The number of aliphatic hydroxyl groups excluding tert-OH is 1. The predicted molar refractivity (Wildman–Crippen MR) is 133 cm³/mol. The van der Waals surface area contributed by atoms with Gasteiger partial charge in [0.15, 0.2) is 0 Å². The molecule has 10 heteroatoms. The van der Waals surface area contributed by atoms with E-state index in [9.17, 15) is 33.0 Å². The molecule has 38 heavy (non-hydrogen) atoms. The Labute approximate surface area is 216 Å². The molecule has 0 spiro atoms. The summed E-state index contributed by atoms with van der Waals surface area (Å²) in [6.07, 6.45) is -4.96. The van der Waals surface area contributed by atoms with Gasteiger partial charge >= 0.3 is 6.36 Å². The predicted octanol–water partition coefficient (Wildman–Crippen LogP) is 5.95. The van der Waals surface area contributed by atoms with Crippen molar-refractivity contribution in [3.63, 3.8) is 0 Å². The summed E-state index contributed by atoms with van der Waals surface area (Å²) < 4.78 is 48.1. The zero-order chi connectivity index (χ0) is 27.6. The van der Waals surface area contributed by atoms with E-state index in [1.54, 1.807) is 12.1 Å². The highest BCUT2D eigenvalue weighted by Gasteiger charge is 2.47. The molecule has 0 bridgehead atoms. The Morgan fingerprint density at radius 1 is 0.974 bits per heavy atom. The van der Waals surface area contributed by atoms with Crippen LogP contribution in [0.25, 0.3) is 5.76 Å². The van der Waals surface area contributed by atoms with Crippen molar-refractivity contribution in [2.24, 2.45) is 5.92 Å². The number of rotatable bonds is 7. The molecule has 0 radical (unpaired) electrons. The number of halogens is 3. The molecule has 0 saturated carbocycles. The van der Waals surface area contributed by atoms with E-state index in [-0.39, 0.29) is 22.6 Å². The van der Waals surface area contributed by atoms with Gasteiger partial charge in [0.2, 0.25) is 0 Å². The fourth-order valence-corrected chi connectivity index (χ4v) is 4.03. The smallest absolute Gasteiger partial charge is 0.508 e. The maximum Gasteiger partial charge on any atom is 0.573 e. The molecule has 1 aliphatic heterocycles. The second kappa shape index (κ2) is 10.5. The summed E-state index contributed by atoms with van der Waals surface area (Å²) >= 11 is 0. The molecule has 4 rings (SSSR count). The average Bonchev–Trinajstić information content (AvgIpc) is 3.12. The van der Waals surface area contributed by atoms with Crippen molar-refractivity contribution in [1.29, 1.82) is 0 Å². The van der Waals surface area contributed by atoms with Crippen molar-refractivity contribution in [2.75, 3.05) is 11.5 Å². The minimum atomic E-state index is -4.96. The number of phenols is 1. The molecular formula is C28H24F3NO6. The number of hydrogen-bond acceptors (Lipinski definition) is 6. The number of amides is 1. The molecule has 7 nitrogen and oxygen atoms in total. The minimum absolute atomic E-state index is 0.0524. The van der Waals surface area contributed by atoms with Crippen molar-refractivity contribution in [3.8, 4) is 17.2 Å². The third-order valence-electron chi connectivity index (χ3n) is 5.69. The summed E-state index contributed by atoms with van der Waals surface area (Å²) in [5.74, 6) is -2.37. The van der Waals surface area contributed by atoms with Crippen LogP contribution in [0.15, 0.2) is 78.4 Å². The van der Waals surface area contributed by atoms with Crippen LogP contribution in [0.3, 0.4) is 0 Å². The molecule has 3 aromatic carbocycles. The number of aliphatic hydroxyl groups is 1. The molecule has 1 heterocycles. The molecule has 1 fully saturated rings. The number of carbonyl (C=O) groups excluding carboxylic acids is 2. The lowest BCUT2D eigenvalue weighted by Crippen LogP contribution is -2.29. The first-order chi connectivity index (χ1) is 17.9. The van der Waals surface area contributed by atoms with Crippen molar-refractivity contribution in [3.05, 3.63) is 89.5 Å². The standard InChI is InChI=1S/C28H24F3NO6/c1-16(2)15-37-21-12-8-18(9-13-21)25(34)23-24(17-6-10-20(33)11-7-17)32(27(36)26(23)35)19-4-3-5-22(14-19)38-28(29,30)31/h3-14,16,24,33-34H,15H2,1-2H3/b25-23+. The molecule has 1 unspecified atom stereocenters. The van der Waals surface area contributed by atoms with Crippen LogP contribution in [0.1, 0.15) is 31.0 Å². The van der Waals surface area contributed by atoms with E-state index < -0.39 is 35.6 Å². The Hall–Kier alpha value is -4.47. The lowest BCUT2D eigenvalue weighted by Gasteiger charge is -2.26. The molecule has 1 aliphatic rings. The highest BCUT2D eigenvalue weighted by Crippen LogP contribution is 2.43. The van der Waals surface area contributed by atoms with Gasteiger partial charge in [0, 0.05) is 17.3 Å². The maximum absolute atomic E-state index is 13.2. The van der Waals surface area contributed by atoms with Crippen LogP contribution in [0, 0.1) is 5.92 Å². The first-order valence-corrected chi connectivity index (χ1v) is 11.6. The average molecular weight is 527 g/mol. The van der Waals surface area contributed by atoms with Gasteiger partial charge in [-0.3, -0.25) is 14.5 Å². The number of carbonyl (C=O) groups is 2. The fourth-order valence-electron chi connectivity index (χ4n) is 4.03. The van der Waals surface area contributed by atoms with Crippen LogP contribution in [0.4, 0.5) is 18.9 Å². The van der Waals surface area contributed by atoms with E-state index >= 15 is 0 Å². The van der Waals surface area contributed by atoms with Gasteiger partial charge in [-0.25, -0.2) is 0 Å². The molecule has 0 aliphatic carbocycles. The molecule has 3 aromatic rings. The first kappa shape index (κ1) is 26.6.